The number of aliphatic imine (C=N–C) groups is 1. The van der Waals surface area contributed by atoms with Gasteiger partial charge in [-0.25, -0.2) is 9.98 Å². The molecule has 5 nitrogen and oxygen atoms in total. The second kappa shape index (κ2) is 6.74. The Morgan fingerprint density at radius 3 is 2.62 bits per heavy atom. The van der Waals surface area contributed by atoms with E-state index in [0.717, 1.165) is 11.4 Å². The van der Waals surface area contributed by atoms with Crippen molar-refractivity contribution in [3.63, 3.8) is 0 Å². The average Bonchev–Trinajstić information content (AvgIpc) is 2.44. The normalized spacial score (nSPS) is 11.3. The highest BCUT2D eigenvalue weighted by Crippen LogP contribution is 2.13. The van der Waals surface area contributed by atoms with Crippen molar-refractivity contribution in [2.24, 2.45) is 10.7 Å². The second-order valence-electron chi connectivity index (χ2n) is 4.87. The molecule has 0 aliphatic carbocycles. The van der Waals surface area contributed by atoms with Crippen molar-refractivity contribution in [1.29, 1.82) is 0 Å². The zero-order valence-corrected chi connectivity index (χ0v) is 12.6. The van der Waals surface area contributed by atoms with E-state index in [1.807, 2.05) is 38.1 Å². The van der Waals surface area contributed by atoms with Crippen LogP contribution >= 0.6 is 0 Å². The SMILES string of the molecule is COc1cccc(CN=C(N)Nc2cc(C)cc(C)c2)n1. The number of methoxy groups -OCH3 is 1. The van der Waals surface area contributed by atoms with Crippen LogP contribution in [-0.2, 0) is 6.54 Å². The molecule has 0 atom stereocenters. The molecule has 0 fully saturated rings. The van der Waals surface area contributed by atoms with Crippen molar-refractivity contribution in [2.45, 2.75) is 20.4 Å². The van der Waals surface area contributed by atoms with Gasteiger partial charge in [-0.1, -0.05) is 12.1 Å². The summed E-state index contributed by atoms with van der Waals surface area (Å²) in [6.45, 7) is 4.50. The minimum absolute atomic E-state index is 0.365. The molecule has 0 radical (unpaired) electrons. The highest BCUT2D eigenvalue weighted by molar-refractivity contribution is 5.92. The number of nitrogens with zero attached hydrogens (tertiary/aromatic N) is 2. The first-order valence-corrected chi connectivity index (χ1v) is 6.72. The third-order valence-corrected chi connectivity index (χ3v) is 2.90. The predicted molar refractivity (Wildman–Crippen MR) is 85.7 cm³/mol. The van der Waals surface area contributed by atoms with Crippen molar-refractivity contribution < 1.29 is 4.74 Å². The van der Waals surface area contributed by atoms with Gasteiger partial charge < -0.3 is 15.8 Å². The van der Waals surface area contributed by atoms with Crippen LogP contribution in [0.25, 0.3) is 0 Å². The summed E-state index contributed by atoms with van der Waals surface area (Å²) in [7, 11) is 1.59. The number of nitrogens with two attached hydrogens (primary N) is 1. The summed E-state index contributed by atoms with van der Waals surface area (Å²) in [5.74, 6) is 0.938. The first-order chi connectivity index (χ1) is 10.1. The number of guanidine groups is 1. The molecule has 0 aliphatic heterocycles. The molecule has 0 saturated heterocycles. The molecule has 0 saturated carbocycles. The maximum Gasteiger partial charge on any atom is 0.213 e. The summed E-state index contributed by atoms with van der Waals surface area (Å²) in [6, 6.07) is 11.7. The monoisotopic (exact) mass is 284 g/mol. The molecule has 0 unspecified atom stereocenters. The van der Waals surface area contributed by atoms with E-state index in [-0.39, 0.29) is 0 Å². The van der Waals surface area contributed by atoms with E-state index in [9.17, 15) is 0 Å². The van der Waals surface area contributed by atoms with E-state index < -0.39 is 0 Å². The lowest BCUT2D eigenvalue weighted by atomic mass is 10.1. The van der Waals surface area contributed by atoms with Gasteiger partial charge in [0.1, 0.15) is 0 Å². The Hall–Kier alpha value is -2.56. The summed E-state index contributed by atoms with van der Waals surface area (Å²) < 4.78 is 5.08. The van der Waals surface area contributed by atoms with Crippen LogP contribution in [0, 0.1) is 13.8 Å². The highest BCUT2D eigenvalue weighted by atomic mass is 16.5. The molecule has 110 valence electrons. The standard InChI is InChI=1S/C16H20N4O/c1-11-7-12(2)9-14(8-11)20-16(17)18-10-13-5-4-6-15(19-13)21-3/h4-9H,10H2,1-3H3,(H3,17,18,20). The van der Waals surface area contributed by atoms with E-state index in [4.69, 9.17) is 10.5 Å². The molecular weight excluding hydrogens is 264 g/mol. The Morgan fingerprint density at radius 1 is 1.24 bits per heavy atom. The van der Waals surface area contributed by atoms with Crippen LogP contribution in [-0.4, -0.2) is 18.1 Å². The Balaban J connectivity index is 2.03. The van der Waals surface area contributed by atoms with Gasteiger partial charge in [-0.15, -0.1) is 0 Å². The summed E-state index contributed by atoms with van der Waals surface area (Å²) in [5, 5.41) is 3.09. The van der Waals surface area contributed by atoms with Crippen LogP contribution in [0.2, 0.25) is 0 Å². The summed E-state index contributed by atoms with van der Waals surface area (Å²) in [4.78, 5) is 8.58. The van der Waals surface area contributed by atoms with Crippen molar-refractivity contribution in [3.8, 4) is 5.88 Å². The lowest BCUT2D eigenvalue weighted by Crippen LogP contribution is -2.22. The largest absolute Gasteiger partial charge is 0.481 e. The number of benzene rings is 1. The van der Waals surface area contributed by atoms with Crippen LogP contribution in [0.5, 0.6) is 5.88 Å². The quantitative estimate of drug-likeness (QED) is 0.668. The van der Waals surface area contributed by atoms with Crippen LogP contribution in [0.3, 0.4) is 0 Å². The van der Waals surface area contributed by atoms with Crippen molar-refractivity contribution in [1.82, 2.24) is 4.98 Å². The van der Waals surface area contributed by atoms with Crippen LogP contribution in [0.4, 0.5) is 5.69 Å². The minimum atomic E-state index is 0.365. The van der Waals surface area contributed by atoms with Gasteiger partial charge in [0.25, 0.3) is 0 Å². The predicted octanol–water partition coefficient (Wildman–Crippen LogP) is 2.63. The molecule has 1 aromatic heterocycles. The van der Waals surface area contributed by atoms with Crippen molar-refractivity contribution in [3.05, 3.63) is 53.2 Å². The third kappa shape index (κ3) is 4.49. The third-order valence-electron chi connectivity index (χ3n) is 2.90. The summed E-state index contributed by atoms with van der Waals surface area (Å²) in [6.07, 6.45) is 0. The molecule has 1 aromatic carbocycles. The van der Waals surface area contributed by atoms with Gasteiger partial charge >= 0.3 is 0 Å². The molecule has 0 spiro atoms. The highest BCUT2D eigenvalue weighted by Gasteiger charge is 2.00. The molecule has 0 aliphatic rings. The number of aryl methyl sites for hydroxylation is 2. The lowest BCUT2D eigenvalue weighted by Gasteiger charge is -2.08. The maximum absolute atomic E-state index is 5.90. The molecule has 0 bridgehead atoms. The number of anilines is 1. The molecule has 1 heterocycles. The van der Waals surface area contributed by atoms with Gasteiger partial charge in [0.15, 0.2) is 5.96 Å². The van der Waals surface area contributed by atoms with Gasteiger partial charge in [0.2, 0.25) is 5.88 Å². The zero-order chi connectivity index (χ0) is 15.2. The fraction of sp³-hybridized carbons (Fsp3) is 0.250. The Kier molecular flexibility index (Phi) is 4.77. The number of hydrogen-bond acceptors (Lipinski definition) is 3. The first kappa shape index (κ1) is 14.8. The van der Waals surface area contributed by atoms with Gasteiger partial charge in [-0.2, -0.15) is 0 Å². The molecule has 21 heavy (non-hydrogen) atoms. The van der Waals surface area contributed by atoms with Gasteiger partial charge in [0.05, 0.1) is 19.3 Å². The van der Waals surface area contributed by atoms with E-state index in [1.165, 1.54) is 11.1 Å². The van der Waals surface area contributed by atoms with Crippen molar-refractivity contribution >= 4 is 11.6 Å². The number of aromatic nitrogens is 1. The number of hydrogen-bond donors (Lipinski definition) is 2. The fourth-order valence-corrected chi connectivity index (χ4v) is 2.06. The van der Waals surface area contributed by atoms with Crippen molar-refractivity contribution in [2.75, 3.05) is 12.4 Å². The lowest BCUT2D eigenvalue weighted by molar-refractivity contribution is 0.396. The molecule has 0 amide bonds. The maximum atomic E-state index is 5.90. The Labute approximate surface area is 124 Å². The summed E-state index contributed by atoms with van der Waals surface area (Å²) in [5.41, 5.74) is 10.0. The van der Waals surface area contributed by atoms with E-state index >= 15 is 0 Å². The van der Waals surface area contributed by atoms with Gasteiger partial charge in [-0.05, 0) is 43.2 Å². The number of nitrogens with one attached hydrogen (secondary N) is 1. The number of ether oxygens (including phenoxy) is 1. The topological polar surface area (TPSA) is 72.5 Å². The van der Waals surface area contributed by atoms with Gasteiger partial charge in [0, 0.05) is 11.8 Å². The zero-order valence-electron chi connectivity index (χ0n) is 12.6. The van der Waals surface area contributed by atoms with E-state index in [1.54, 1.807) is 13.2 Å². The average molecular weight is 284 g/mol. The number of rotatable bonds is 4. The molecule has 2 rings (SSSR count). The van der Waals surface area contributed by atoms with E-state index in [2.05, 4.69) is 21.4 Å². The fourth-order valence-electron chi connectivity index (χ4n) is 2.06. The summed E-state index contributed by atoms with van der Waals surface area (Å²) >= 11 is 0. The Morgan fingerprint density at radius 2 is 1.95 bits per heavy atom. The van der Waals surface area contributed by atoms with Crippen LogP contribution in [0.1, 0.15) is 16.8 Å². The second-order valence-corrected chi connectivity index (χ2v) is 4.87. The smallest absolute Gasteiger partial charge is 0.213 e. The molecule has 3 N–H and O–H groups in total. The van der Waals surface area contributed by atoms with Crippen LogP contribution in [0.15, 0.2) is 41.4 Å². The molecule has 2 aromatic rings. The Bertz CT molecular complexity index is 632. The van der Waals surface area contributed by atoms with Crippen LogP contribution < -0.4 is 15.8 Å². The minimum Gasteiger partial charge on any atom is -0.481 e. The molecular formula is C16H20N4O. The first-order valence-electron chi connectivity index (χ1n) is 6.72. The van der Waals surface area contributed by atoms with Gasteiger partial charge in [-0.3, -0.25) is 0 Å². The van der Waals surface area contributed by atoms with E-state index in [0.29, 0.717) is 18.4 Å². The number of pyridine rings is 1. The molecule has 5 heteroatoms.